The molecule has 3 aromatic carbocycles. The third-order valence-electron chi connectivity index (χ3n) is 7.95. The van der Waals surface area contributed by atoms with E-state index in [4.69, 9.17) is 25.8 Å². The number of carbonyl (C=O) groups is 2. The van der Waals surface area contributed by atoms with E-state index in [1.54, 1.807) is 13.0 Å². The number of rotatable bonds is 13. The number of halogens is 1. The summed E-state index contributed by atoms with van der Waals surface area (Å²) in [5, 5.41) is 3.34. The van der Waals surface area contributed by atoms with Crippen LogP contribution in [0.25, 0.3) is 0 Å². The maximum absolute atomic E-state index is 14.3. The minimum atomic E-state index is -4.42. The van der Waals surface area contributed by atoms with Crippen LogP contribution in [0.1, 0.15) is 44.6 Å². The summed E-state index contributed by atoms with van der Waals surface area (Å²) in [6.45, 7) is 1.11. The second-order valence-electron chi connectivity index (χ2n) is 10.9. The molecule has 0 radical (unpaired) electrons. The minimum Gasteiger partial charge on any atom is -0.495 e. The summed E-state index contributed by atoms with van der Waals surface area (Å²) in [6.07, 6.45) is 4.98. The van der Waals surface area contributed by atoms with E-state index in [0.29, 0.717) is 5.75 Å². The Morgan fingerprint density at radius 3 is 2.18 bits per heavy atom. The summed E-state index contributed by atoms with van der Waals surface area (Å²) in [4.78, 5) is 29.0. The number of nitrogens with zero attached hydrogens (tertiary/aromatic N) is 2. The zero-order valence-corrected chi connectivity index (χ0v) is 27.6. The third kappa shape index (κ3) is 8.20. The van der Waals surface area contributed by atoms with E-state index >= 15 is 0 Å². The van der Waals surface area contributed by atoms with Gasteiger partial charge in [-0.25, -0.2) is 8.42 Å². The predicted molar refractivity (Wildman–Crippen MR) is 174 cm³/mol. The van der Waals surface area contributed by atoms with Gasteiger partial charge in [0.15, 0.2) is 11.5 Å². The lowest BCUT2D eigenvalue weighted by molar-refractivity contribution is -0.139. The van der Waals surface area contributed by atoms with Crippen LogP contribution >= 0.6 is 11.6 Å². The average molecular weight is 658 g/mol. The quantitative estimate of drug-likeness (QED) is 0.261. The minimum absolute atomic E-state index is 0.0417. The van der Waals surface area contributed by atoms with Crippen LogP contribution in [-0.4, -0.2) is 65.1 Å². The Morgan fingerprint density at radius 1 is 0.889 bits per heavy atom. The van der Waals surface area contributed by atoms with Gasteiger partial charge in [0.05, 0.1) is 31.9 Å². The van der Waals surface area contributed by atoms with Crippen molar-refractivity contribution in [1.29, 1.82) is 0 Å². The van der Waals surface area contributed by atoms with Crippen molar-refractivity contribution in [3.8, 4) is 17.2 Å². The highest BCUT2D eigenvalue weighted by Crippen LogP contribution is 2.37. The molecule has 1 aliphatic rings. The number of benzene rings is 3. The molecule has 0 heterocycles. The van der Waals surface area contributed by atoms with Gasteiger partial charge < -0.3 is 24.4 Å². The summed E-state index contributed by atoms with van der Waals surface area (Å²) < 4.78 is 45.8. The van der Waals surface area contributed by atoms with Crippen molar-refractivity contribution < 1.29 is 32.2 Å². The molecule has 242 valence electrons. The van der Waals surface area contributed by atoms with E-state index < -0.39 is 28.5 Å². The monoisotopic (exact) mass is 657 g/mol. The summed E-state index contributed by atoms with van der Waals surface area (Å²) in [6, 6.07) is 17.1. The molecule has 1 N–H and O–H groups in total. The molecule has 0 unspecified atom stereocenters. The molecular weight excluding hydrogens is 618 g/mol. The number of sulfonamides is 1. The Kier molecular flexibility index (Phi) is 11.6. The molecule has 2 amide bonds. The first-order chi connectivity index (χ1) is 21.6. The van der Waals surface area contributed by atoms with Crippen molar-refractivity contribution >= 4 is 39.1 Å². The van der Waals surface area contributed by atoms with Gasteiger partial charge in [-0.3, -0.25) is 13.9 Å². The van der Waals surface area contributed by atoms with Crippen LogP contribution in [0.5, 0.6) is 17.2 Å². The number of anilines is 1. The first kappa shape index (κ1) is 33.9. The van der Waals surface area contributed by atoms with Crippen molar-refractivity contribution in [2.24, 2.45) is 0 Å². The normalized spacial score (nSPS) is 14.2. The maximum atomic E-state index is 14.3. The summed E-state index contributed by atoms with van der Waals surface area (Å²) in [5.41, 5.74) is 0.852. The standard InChI is InChI=1S/C33H40ClN3O7S/c1-23(33(39)35-26-13-9-6-10-14-26)36(21-24-11-7-5-8-12-24)32(38)22-37(28-19-25(34)15-17-29(28)42-2)45(40,41)27-16-18-30(43-3)31(20-27)44-4/h5,7-8,11-12,15-20,23,26H,6,9-10,13-14,21-22H2,1-4H3,(H,35,39)/t23-/m0/s1. The van der Waals surface area contributed by atoms with Crippen LogP contribution in [0.2, 0.25) is 5.02 Å². The summed E-state index contributed by atoms with van der Waals surface area (Å²) in [7, 11) is -0.177. The Bertz CT molecular complexity index is 1580. The lowest BCUT2D eigenvalue weighted by Crippen LogP contribution is -2.53. The molecule has 12 heteroatoms. The van der Waals surface area contributed by atoms with Crippen molar-refractivity contribution in [3.05, 3.63) is 77.3 Å². The molecule has 1 aliphatic carbocycles. The Hall–Kier alpha value is -3.96. The number of hydrogen-bond acceptors (Lipinski definition) is 7. The molecule has 0 aliphatic heterocycles. The SMILES string of the molecule is COc1ccc(S(=O)(=O)N(CC(=O)N(Cc2ccccc2)[C@@H](C)C(=O)NC2CCCCC2)c2cc(Cl)ccc2OC)cc1OC. The van der Waals surface area contributed by atoms with E-state index in [1.165, 1.54) is 56.6 Å². The van der Waals surface area contributed by atoms with Crippen molar-refractivity contribution in [2.45, 2.75) is 62.6 Å². The smallest absolute Gasteiger partial charge is 0.265 e. The van der Waals surface area contributed by atoms with Gasteiger partial charge >= 0.3 is 0 Å². The van der Waals surface area contributed by atoms with E-state index in [2.05, 4.69) is 5.32 Å². The molecule has 45 heavy (non-hydrogen) atoms. The Balaban J connectivity index is 1.75. The van der Waals surface area contributed by atoms with Gasteiger partial charge in [0.2, 0.25) is 11.8 Å². The Labute approximate surface area is 270 Å². The van der Waals surface area contributed by atoms with Crippen molar-refractivity contribution in [3.63, 3.8) is 0 Å². The van der Waals surface area contributed by atoms with Gasteiger partial charge in [-0.15, -0.1) is 0 Å². The second-order valence-corrected chi connectivity index (χ2v) is 13.2. The molecule has 0 saturated heterocycles. The van der Waals surface area contributed by atoms with E-state index in [-0.39, 0.29) is 45.6 Å². The number of nitrogens with one attached hydrogen (secondary N) is 1. The van der Waals surface area contributed by atoms with Crippen LogP contribution in [0.15, 0.2) is 71.6 Å². The van der Waals surface area contributed by atoms with E-state index in [9.17, 15) is 18.0 Å². The third-order valence-corrected chi connectivity index (χ3v) is 9.94. The first-order valence-corrected chi connectivity index (χ1v) is 16.6. The highest BCUT2D eigenvalue weighted by atomic mass is 35.5. The lowest BCUT2D eigenvalue weighted by atomic mass is 9.95. The maximum Gasteiger partial charge on any atom is 0.265 e. The number of ether oxygens (including phenoxy) is 3. The molecule has 0 bridgehead atoms. The lowest BCUT2D eigenvalue weighted by Gasteiger charge is -2.33. The fraction of sp³-hybridized carbons (Fsp3) is 0.394. The fourth-order valence-electron chi connectivity index (χ4n) is 5.41. The molecule has 10 nitrogen and oxygen atoms in total. The molecule has 1 saturated carbocycles. The van der Waals surface area contributed by atoms with Gasteiger partial charge in [0, 0.05) is 23.7 Å². The van der Waals surface area contributed by atoms with Gasteiger partial charge in [0.1, 0.15) is 18.3 Å². The highest BCUT2D eigenvalue weighted by Gasteiger charge is 2.35. The molecule has 0 spiro atoms. The molecule has 1 fully saturated rings. The van der Waals surface area contributed by atoms with Gasteiger partial charge in [-0.2, -0.15) is 0 Å². The van der Waals surface area contributed by atoms with Crippen LogP contribution in [0, 0.1) is 0 Å². The number of carbonyl (C=O) groups excluding carboxylic acids is 2. The van der Waals surface area contributed by atoms with E-state index in [0.717, 1.165) is 42.0 Å². The number of amides is 2. The van der Waals surface area contributed by atoms with Crippen LogP contribution in [-0.2, 0) is 26.2 Å². The van der Waals surface area contributed by atoms with E-state index in [1.807, 2.05) is 30.3 Å². The molecular formula is C33H40ClN3O7S. The number of methoxy groups -OCH3 is 3. The van der Waals surface area contributed by atoms with Crippen molar-refractivity contribution in [1.82, 2.24) is 10.2 Å². The molecule has 0 aromatic heterocycles. The predicted octanol–water partition coefficient (Wildman–Crippen LogP) is 5.43. The fourth-order valence-corrected chi connectivity index (χ4v) is 7.01. The second kappa shape index (κ2) is 15.4. The van der Waals surface area contributed by atoms with Crippen molar-refractivity contribution in [2.75, 3.05) is 32.2 Å². The molecule has 4 rings (SSSR count). The van der Waals surface area contributed by atoms with Gasteiger partial charge in [0.25, 0.3) is 10.0 Å². The van der Waals surface area contributed by atoms with Crippen LogP contribution < -0.4 is 23.8 Å². The largest absolute Gasteiger partial charge is 0.495 e. The number of hydrogen-bond donors (Lipinski definition) is 1. The first-order valence-electron chi connectivity index (χ1n) is 14.8. The summed E-state index contributed by atoms with van der Waals surface area (Å²) >= 11 is 6.33. The molecule has 1 atom stereocenters. The zero-order valence-electron chi connectivity index (χ0n) is 26.0. The van der Waals surface area contributed by atoms with Gasteiger partial charge in [-0.1, -0.05) is 61.2 Å². The average Bonchev–Trinajstić information content (AvgIpc) is 3.06. The van der Waals surface area contributed by atoms with Crippen LogP contribution in [0.3, 0.4) is 0 Å². The zero-order chi connectivity index (χ0) is 32.6. The molecule has 3 aromatic rings. The Morgan fingerprint density at radius 2 is 1.53 bits per heavy atom. The summed E-state index contributed by atoms with van der Waals surface area (Å²) in [5.74, 6) is -0.154. The topological polar surface area (TPSA) is 114 Å². The highest BCUT2D eigenvalue weighted by molar-refractivity contribution is 7.92. The van der Waals surface area contributed by atoms with Gasteiger partial charge in [-0.05, 0) is 55.7 Å². The van der Waals surface area contributed by atoms with Crippen LogP contribution in [0.4, 0.5) is 5.69 Å².